The molecule has 1 aliphatic carbocycles. The number of hydrogen-bond acceptors (Lipinski definition) is 3. The predicted molar refractivity (Wildman–Crippen MR) is 104 cm³/mol. The molecule has 2 N–H and O–H groups in total. The number of hydrogen-bond donors (Lipinski definition) is 2. The summed E-state index contributed by atoms with van der Waals surface area (Å²) in [5.41, 5.74) is 1.57. The summed E-state index contributed by atoms with van der Waals surface area (Å²) < 4.78 is 24.7. The number of rotatable bonds is 7. The summed E-state index contributed by atoms with van der Waals surface area (Å²) in [6.07, 6.45) is 11.7. The first kappa shape index (κ1) is 20.2. The van der Waals surface area contributed by atoms with E-state index in [9.17, 15) is 8.42 Å². The lowest BCUT2D eigenvalue weighted by Crippen LogP contribution is -2.40. The van der Waals surface area contributed by atoms with Gasteiger partial charge in [0, 0.05) is 32.7 Å². The molecule has 144 valence electrons. The maximum absolute atomic E-state index is 11.6. The standard InChI is InChI=1S/C18H34N4O2S/c1-3-19-18(20-12-9-16-7-5-4-6-8-16)21-15-17-10-13-22(14-11-17)25(2,23)24/h7,17H,3-6,8-15H2,1-2H3,(H2,19,20,21). The van der Waals surface area contributed by atoms with Crippen molar-refractivity contribution in [3.05, 3.63) is 11.6 Å². The third kappa shape index (κ3) is 7.36. The van der Waals surface area contributed by atoms with E-state index in [1.165, 1.54) is 31.9 Å². The Morgan fingerprint density at radius 1 is 1.28 bits per heavy atom. The molecule has 1 saturated heterocycles. The van der Waals surface area contributed by atoms with E-state index < -0.39 is 10.0 Å². The Hall–Kier alpha value is -1.08. The van der Waals surface area contributed by atoms with Gasteiger partial charge in [0.1, 0.15) is 0 Å². The van der Waals surface area contributed by atoms with Crippen LogP contribution < -0.4 is 10.6 Å². The zero-order chi connectivity index (χ0) is 18.1. The van der Waals surface area contributed by atoms with E-state index in [2.05, 4.69) is 23.6 Å². The van der Waals surface area contributed by atoms with Crippen LogP contribution >= 0.6 is 0 Å². The molecule has 0 bridgehead atoms. The van der Waals surface area contributed by atoms with E-state index >= 15 is 0 Å². The fourth-order valence-electron chi connectivity index (χ4n) is 3.46. The molecule has 0 saturated carbocycles. The Bertz CT molecular complexity index is 564. The lowest BCUT2D eigenvalue weighted by atomic mass is 9.97. The molecule has 1 fully saturated rings. The van der Waals surface area contributed by atoms with Crippen molar-refractivity contribution in [1.29, 1.82) is 0 Å². The van der Waals surface area contributed by atoms with Crippen LogP contribution in [0.5, 0.6) is 0 Å². The van der Waals surface area contributed by atoms with Crippen molar-refractivity contribution in [2.24, 2.45) is 10.9 Å². The highest BCUT2D eigenvalue weighted by atomic mass is 32.2. The highest BCUT2D eigenvalue weighted by Gasteiger charge is 2.24. The normalized spacial score (nSPS) is 21.0. The van der Waals surface area contributed by atoms with Crippen molar-refractivity contribution in [2.75, 3.05) is 39.0 Å². The number of aliphatic imine (C=N–C) groups is 1. The fourth-order valence-corrected chi connectivity index (χ4v) is 4.33. The van der Waals surface area contributed by atoms with Crippen molar-refractivity contribution >= 4 is 16.0 Å². The minimum Gasteiger partial charge on any atom is -0.357 e. The summed E-state index contributed by atoms with van der Waals surface area (Å²) in [7, 11) is -3.04. The summed E-state index contributed by atoms with van der Waals surface area (Å²) in [4.78, 5) is 4.71. The van der Waals surface area contributed by atoms with Crippen molar-refractivity contribution in [2.45, 2.75) is 51.9 Å². The minimum atomic E-state index is -3.04. The largest absolute Gasteiger partial charge is 0.357 e. The van der Waals surface area contributed by atoms with E-state index in [-0.39, 0.29) is 0 Å². The molecular weight excluding hydrogens is 336 g/mol. The zero-order valence-electron chi connectivity index (χ0n) is 15.8. The molecule has 0 radical (unpaired) electrons. The Labute approximate surface area is 153 Å². The van der Waals surface area contributed by atoms with Gasteiger partial charge < -0.3 is 10.6 Å². The summed E-state index contributed by atoms with van der Waals surface area (Å²) in [6, 6.07) is 0. The van der Waals surface area contributed by atoms with Crippen molar-refractivity contribution in [1.82, 2.24) is 14.9 Å². The summed E-state index contributed by atoms with van der Waals surface area (Å²) in [6.45, 7) is 5.85. The van der Waals surface area contributed by atoms with Crippen LogP contribution in [0.25, 0.3) is 0 Å². The second-order valence-corrected chi connectivity index (χ2v) is 9.09. The summed E-state index contributed by atoms with van der Waals surface area (Å²) in [5.74, 6) is 1.35. The van der Waals surface area contributed by atoms with E-state index in [0.717, 1.165) is 44.9 Å². The molecule has 0 atom stereocenters. The Kier molecular flexibility index (Phi) is 8.22. The Morgan fingerprint density at radius 3 is 2.64 bits per heavy atom. The van der Waals surface area contributed by atoms with Gasteiger partial charge in [0.15, 0.2) is 5.96 Å². The number of piperidine rings is 1. The van der Waals surface area contributed by atoms with Gasteiger partial charge in [-0.15, -0.1) is 0 Å². The summed E-state index contributed by atoms with van der Waals surface area (Å²) >= 11 is 0. The molecular formula is C18H34N4O2S. The van der Waals surface area contributed by atoms with E-state index in [4.69, 9.17) is 4.99 Å². The van der Waals surface area contributed by atoms with E-state index in [1.807, 2.05) is 0 Å². The SMILES string of the molecule is CCNC(=NCC1CCN(S(C)(=O)=O)CC1)NCCC1=CCCCC1. The van der Waals surface area contributed by atoms with Gasteiger partial charge in [0.05, 0.1) is 6.26 Å². The molecule has 0 spiro atoms. The molecule has 0 amide bonds. The van der Waals surface area contributed by atoms with Crippen LogP contribution in [-0.2, 0) is 10.0 Å². The number of sulfonamides is 1. The van der Waals surface area contributed by atoms with Crippen molar-refractivity contribution in [3.63, 3.8) is 0 Å². The van der Waals surface area contributed by atoms with Gasteiger partial charge in [-0.3, -0.25) is 4.99 Å². The Balaban J connectivity index is 1.74. The number of nitrogens with one attached hydrogen (secondary N) is 2. The Morgan fingerprint density at radius 2 is 2.04 bits per heavy atom. The van der Waals surface area contributed by atoms with E-state index in [1.54, 1.807) is 9.88 Å². The van der Waals surface area contributed by atoms with Gasteiger partial charge >= 0.3 is 0 Å². The molecule has 2 aliphatic rings. The minimum absolute atomic E-state index is 0.467. The van der Waals surface area contributed by atoms with Gasteiger partial charge in [0.25, 0.3) is 0 Å². The first-order valence-corrected chi connectivity index (χ1v) is 11.5. The van der Waals surface area contributed by atoms with Gasteiger partial charge in [-0.2, -0.15) is 0 Å². The van der Waals surface area contributed by atoms with Gasteiger partial charge in [-0.05, 0) is 57.8 Å². The molecule has 25 heavy (non-hydrogen) atoms. The highest BCUT2D eigenvalue weighted by Crippen LogP contribution is 2.20. The van der Waals surface area contributed by atoms with Crippen LogP contribution in [0.1, 0.15) is 51.9 Å². The maximum atomic E-state index is 11.6. The molecule has 1 aliphatic heterocycles. The monoisotopic (exact) mass is 370 g/mol. The lowest BCUT2D eigenvalue weighted by Gasteiger charge is -2.29. The quantitative estimate of drug-likeness (QED) is 0.409. The topological polar surface area (TPSA) is 73.8 Å². The number of nitrogens with zero attached hydrogens (tertiary/aromatic N) is 2. The third-order valence-corrected chi connectivity index (χ3v) is 6.32. The molecule has 6 nitrogen and oxygen atoms in total. The first-order chi connectivity index (χ1) is 12.0. The van der Waals surface area contributed by atoms with Gasteiger partial charge in [-0.1, -0.05) is 11.6 Å². The fraction of sp³-hybridized carbons (Fsp3) is 0.833. The molecule has 0 aromatic heterocycles. The molecule has 0 aromatic rings. The molecule has 0 unspecified atom stereocenters. The molecule has 7 heteroatoms. The van der Waals surface area contributed by atoms with Crippen LogP contribution in [0.2, 0.25) is 0 Å². The predicted octanol–water partition coefficient (Wildman–Crippen LogP) is 2.10. The second-order valence-electron chi connectivity index (χ2n) is 7.11. The molecule has 0 aromatic carbocycles. The zero-order valence-corrected chi connectivity index (χ0v) is 16.6. The van der Waals surface area contributed by atoms with E-state index in [0.29, 0.717) is 19.0 Å². The molecule has 1 heterocycles. The smallest absolute Gasteiger partial charge is 0.211 e. The summed E-state index contributed by atoms with van der Waals surface area (Å²) in [5, 5.41) is 6.74. The van der Waals surface area contributed by atoms with Crippen molar-refractivity contribution in [3.8, 4) is 0 Å². The van der Waals surface area contributed by atoms with Crippen molar-refractivity contribution < 1.29 is 8.42 Å². The maximum Gasteiger partial charge on any atom is 0.211 e. The lowest BCUT2D eigenvalue weighted by molar-refractivity contribution is 0.280. The van der Waals surface area contributed by atoms with Crippen LogP contribution in [-0.4, -0.2) is 57.7 Å². The number of allylic oxidation sites excluding steroid dienone is 1. The first-order valence-electron chi connectivity index (χ1n) is 9.64. The second kappa shape index (κ2) is 10.2. The third-order valence-electron chi connectivity index (χ3n) is 5.02. The van der Waals surface area contributed by atoms with Crippen LogP contribution in [0.3, 0.4) is 0 Å². The van der Waals surface area contributed by atoms with Gasteiger partial charge in [-0.25, -0.2) is 12.7 Å². The average Bonchev–Trinajstić information content (AvgIpc) is 2.60. The van der Waals surface area contributed by atoms with Crippen LogP contribution in [0.4, 0.5) is 0 Å². The highest BCUT2D eigenvalue weighted by molar-refractivity contribution is 7.88. The van der Waals surface area contributed by atoms with Gasteiger partial charge in [0.2, 0.25) is 10.0 Å². The molecule has 2 rings (SSSR count). The van der Waals surface area contributed by atoms with Crippen LogP contribution in [0, 0.1) is 5.92 Å². The average molecular weight is 371 g/mol. The number of guanidine groups is 1. The van der Waals surface area contributed by atoms with Crippen LogP contribution in [0.15, 0.2) is 16.6 Å².